The molecule has 0 bridgehead atoms. The molecule has 1 atom stereocenters. The van der Waals surface area contributed by atoms with Crippen LogP contribution in [0.25, 0.3) is 0 Å². The van der Waals surface area contributed by atoms with Crippen molar-refractivity contribution < 1.29 is 17.9 Å². The molecule has 0 aromatic carbocycles. The van der Waals surface area contributed by atoms with Gasteiger partial charge in [0, 0.05) is 0 Å². The summed E-state index contributed by atoms with van der Waals surface area (Å²) in [4.78, 5) is 0. The molecule has 80 valence electrons. The van der Waals surface area contributed by atoms with E-state index in [9.17, 15) is 13.2 Å². The number of hydrogen-bond donors (Lipinski definition) is 0. The van der Waals surface area contributed by atoms with Crippen molar-refractivity contribution in [1.29, 1.82) is 0 Å². The van der Waals surface area contributed by atoms with Crippen LogP contribution in [0.15, 0.2) is 0 Å². The van der Waals surface area contributed by atoms with Crippen LogP contribution in [0.3, 0.4) is 0 Å². The molecule has 0 spiro atoms. The van der Waals surface area contributed by atoms with Gasteiger partial charge in [-0.3, -0.25) is 0 Å². The van der Waals surface area contributed by atoms with Crippen molar-refractivity contribution in [2.24, 2.45) is 0 Å². The Morgan fingerprint density at radius 1 is 1.15 bits per heavy atom. The van der Waals surface area contributed by atoms with Crippen molar-refractivity contribution in [3.05, 3.63) is 0 Å². The fraction of sp³-hybridized carbons (Fsp3) is 1.00. The Morgan fingerprint density at radius 3 is 2.00 bits per heavy atom. The molecule has 1 nitrogen and oxygen atoms in total. The van der Waals surface area contributed by atoms with E-state index in [4.69, 9.17) is 4.74 Å². The van der Waals surface area contributed by atoms with Gasteiger partial charge in [0.15, 0.2) is 0 Å². The molecular weight excluding hydrogens is 181 g/mol. The predicted octanol–water partition coefficient (Wildman–Crippen LogP) is 3.53. The van der Waals surface area contributed by atoms with E-state index < -0.39 is 18.4 Å². The van der Waals surface area contributed by atoms with Crippen LogP contribution in [0.4, 0.5) is 13.2 Å². The Labute approximate surface area is 77.3 Å². The van der Waals surface area contributed by atoms with Gasteiger partial charge in [-0.1, -0.05) is 20.3 Å². The molecule has 4 heteroatoms. The molecule has 1 unspecified atom stereocenters. The molecule has 0 saturated carbocycles. The van der Waals surface area contributed by atoms with E-state index >= 15 is 0 Å². The maximum atomic E-state index is 11.8. The average Bonchev–Trinajstić information content (AvgIpc) is 2.01. The monoisotopic (exact) mass is 198 g/mol. The Morgan fingerprint density at radius 2 is 1.69 bits per heavy atom. The van der Waals surface area contributed by atoms with Crippen LogP contribution < -0.4 is 0 Å². The highest BCUT2D eigenvalue weighted by molar-refractivity contribution is 4.73. The molecular formula is C9H17F3O. The lowest BCUT2D eigenvalue weighted by Crippen LogP contribution is -2.32. The third-order valence-corrected chi connectivity index (χ3v) is 2.11. The van der Waals surface area contributed by atoms with Crippen LogP contribution >= 0.6 is 0 Å². The second kappa shape index (κ2) is 4.84. The van der Waals surface area contributed by atoms with Gasteiger partial charge in [0.05, 0.1) is 5.60 Å². The van der Waals surface area contributed by atoms with E-state index in [1.807, 2.05) is 13.8 Å². The van der Waals surface area contributed by atoms with E-state index in [-0.39, 0.29) is 0 Å². The van der Waals surface area contributed by atoms with E-state index in [0.29, 0.717) is 12.8 Å². The van der Waals surface area contributed by atoms with Crippen molar-refractivity contribution in [2.45, 2.75) is 51.8 Å². The van der Waals surface area contributed by atoms with E-state index in [0.717, 1.165) is 6.42 Å². The highest BCUT2D eigenvalue weighted by atomic mass is 19.4. The number of alkyl halides is 3. The first kappa shape index (κ1) is 12.8. The van der Waals surface area contributed by atoms with Crippen molar-refractivity contribution in [3.63, 3.8) is 0 Å². The van der Waals surface area contributed by atoms with Gasteiger partial charge in [0.1, 0.15) is 6.61 Å². The minimum Gasteiger partial charge on any atom is -0.366 e. The first-order chi connectivity index (χ1) is 5.83. The highest BCUT2D eigenvalue weighted by Crippen LogP contribution is 2.25. The molecule has 0 aliphatic carbocycles. The van der Waals surface area contributed by atoms with Crippen molar-refractivity contribution in [2.75, 3.05) is 6.61 Å². The lowest BCUT2D eigenvalue weighted by molar-refractivity contribution is -0.204. The lowest BCUT2D eigenvalue weighted by atomic mass is 9.97. The molecule has 0 rings (SSSR count). The molecule has 0 N–H and O–H groups in total. The summed E-state index contributed by atoms with van der Waals surface area (Å²) in [5.74, 6) is 0. The minimum absolute atomic E-state index is 0.608. The van der Waals surface area contributed by atoms with Crippen LogP contribution in [0.2, 0.25) is 0 Å². The van der Waals surface area contributed by atoms with Crippen LogP contribution in [0.5, 0.6) is 0 Å². The Balaban J connectivity index is 3.97. The topological polar surface area (TPSA) is 9.23 Å². The SMILES string of the molecule is CCCC(C)(CC)OCC(F)(F)F. The van der Waals surface area contributed by atoms with Gasteiger partial charge in [0.25, 0.3) is 0 Å². The van der Waals surface area contributed by atoms with Crippen LogP contribution in [0.1, 0.15) is 40.0 Å². The van der Waals surface area contributed by atoms with Gasteiger partial charge >= 0.3 is 6.18 Å². The Kier molecular flexibility index (Phi) is 4.75. The van der Waals surface area contributed by atoms with Crippen LogP contribution in [-0.2, 0) is 4.74 Å². The zero-order valence-electron chi connectivity index (χ0n) is 8.37. The quantitative estimate of drug-likeness (QED) is 0.656. The van der Waals surface area contributed by atoms with Crippen molar-refractivity contribution >= 4 is 0 Å². The van der Waals surface area contributed by atoms with E-state index in [2.05, 4.69) is 0 Å². The maximum Gasteiger partial charge on any atom is 0.411 e. The molecule has 0 saturated heterocycles. The van der Waals surface area contributed by atoms with Gasteiger partial charge in [-0.2, -0.15) is 13.2 Å². The van der Waals surface area contributed by atoms with Crippen LogP contribution in [0, 0.1) is 0 Å². The third kappa shape index (κ3) is 5.91. The summed E-state index contributed by atoms with van der Waals surface area (Å²) in [5, 5.41) is 0. The van der Waals surface area contributed by atoms with Gasteiger partial charge < -0.3 is 4.74 Å². The molecule has 0 aromatic heterocycles. The molecule has 0 amide bonds. The first-order valence-corrected chi connectivity index (χ1v) is 4.53. The predicted molar refractivity (Wildman–Crippen MR) is 45.6 cm³/mol. The number of halogens is 3. The summed E-state index contributed by atoms with van der Waals surface area (Å²) in [7, 11) is 0. The molecule has 0 aliphatic heterocycles. The molecule has 0 aliphatic rings. The molecule has 0 aromatic rings. The number of ether oxygens (including phenoxy) is 1. The first-order valence-electron chi connectivity index (χ1n) is 4.53. The van der Waals surface area contributed by atoms with E-state index in [1.165, 1.54) is 0 Å². The summed E-state index contributed by atoms with van der Waals surface area (Å²) < 4.78 is 40.4. The van der Waals surface area contributed by atoms with Crippen molar-refractivity contribution in [1.82, 2.24) is 0 Å². The zero-order chi connectivity index (χ0) is 10.5. The second-order valence-electron chi connectivity index (χ2n) is 3.46. The fourth-order valence-corrected chi connectivity index (χ4v) is 1.14. The van der Waals surface area contributed by atoms with Gasteiger partial charge in [-0.25, -0.2) is 0 Å². The Bertz CT molecular complexity index is 144. The molecule has 13 heavy (non-hydrogen) atoms. The van der Waals surface area contributed by atoms with Gasteiger partial charge in [-0.15, -0.1) is 0 Å². The Hall–Kier alpha value is -0.250. The van der Waals surface area contributed by atoms with Crippen molar-refractivity contribution in [3.8, 4) is 0 Å². The lowest BCUT2D eigenvalue weighted by Gasteiger charge is -2.28. The molecule has 0 radical (unpaired) electrons. The summed E-state index contributed by atoms with van der Waals surface area (Å²) in [6.07, 6.45) is -2.11. The summed E-state index contributed by atoms with van der Waals surface area (Å²) >= 11 is 0. The standard InChI is InChI=1S/C9H17F3O/c1-4-6-8(3,5-2)13-7-9(10,11)12/h4-7H2,1-3H3. The summed E-state index contributed by atoms with van der Waals surface area (Å²) in [6, 6.07) is 0. The average molecular weight is 198 g/mol. The van der Waals surface area contributed by atoms with Gasteiger partial charge in [0.2, 0.25) is 0 Å². The third-order valence-electron chi connectivity index (χ3n) is 2.11. The smallest absolute Gasteiger partial charge is 0.366 e. The van der Waals surface area contributed by atoms with Gasteiger partial charge in [-0.05, 0) is 19.8 Å². The van der Waals surface area contributed by atoms with Crippen LogP contribution in [-0.4, -0.2) is 18.4 Å². The number of rotatable bonds is 5. The molecule has 0 fully saturated rings. The fourth-order valence-electron chi connectivity index (χ4n) is 1.14. The molecule has 0 heterocycles. The normalized spacial score (nSPS) is 17.1. The largest absolute Gasteiger partial charge is 0.411 e. The van der Waals surface area contributed by atoms with E-state index in [1.54, 1.807) is 6.92 Å². The number of hydrogen-bond acceptors (Lipinski definition) is 1. The zero-order valence-corrected chi connectivity index (χ0v) is 8.37. The maximum absolute atomic E-state index is 11.8. The summed E-state index contributed by atoms with van der Waals surface area (Å²) in [5.41, 5.74) is -0.621. The second-order valence-corrected chi connectivity index (χ2v) is 3.46. The highest BCUT2D eigenvalue weighted by Gasteiger charge is 2.32. The minimum atomic E-state index is -4.22. The summed E-state index contributed by atoms with van der Waals surface area (Å²) in [6.45, 7) is 4.36.